The van der Waals surface area contributed by atoms with Crippen LogP contribution in [0.3, 0.4) is 0 Å². The fraction of sp³-hybridized carbons (Fsp3) is 0.583. The van der Waals surface area contributed by atoms with Gasteiger partial charge < -0.3 is 10.2 Å². The molecule has 0 aliphatic carbocycles. The molecule has 0 aliphatic rings. The maximum atomic E-state index is 4.60. The Bertz CT molecular complexity index is 529. The highest BCUT2D eigenvalue weighted by atomic mass is 15.3. The van der Waals surface area contributed by atoms with Crippen molar-refractivity contribution in [3.05, 3.63) is 6.20 Å². The van der Waals surface area contributed by atoms with Crippen molar-refractivity contribution >= 4 is 22.8 Å². The van der Waals surface area contributed by atoms with E-state index < -0.39 is 0 Å². The molecule has 0 unspecified atom stereocenters. The Balaban J connectivity index is 2.58. The number of hydrogen-bond donors (Lipinski definition) is 1. The number of aryl methyl sites for hydroxylation is 1. The molecule has 0 spiro atoms. The summed E-state index contributed by atoms with van der Waals surface area (Å²) in [6.45, 7) is 8.89. The Morgan fingerprint density at radius 1 is 1.22 bits per heavy atom. The lowest BCUT2D eigenvalue weighted by atomic mass is 10.4. The number of rotatable bonds is 5. The molecule has 0 fully saturated rings. The summed E-state index contributed by atoms with van der Waals surface area (Å²) in [6, 6.07) is 0. The van der Waals surface area contributed by atoms with Crippen LogP contribution in [0.5, 0.6) is 0 Å². The topological polar surface area (TPSA) is 58.9 Å². The Morgan fingerprint density at radius 2 is 1.94 bits per heavy atom. The van der Waals surface area contributed by atoms with Gasteiger partial charge in [0, 0.05) is 26.7 Å². The van der Waals surface area contributed by atoms with Gasteiger partial charge in [-0.3, -0.25) is 4.68 Å². The van der Waals surface area contributed by atoms with Crippen LogP contribution in [0.15, 0.2) is 6.20 Å². The van der Waals surface area contributed by atoms with Crippen molar-refractivity contribution in [3.63, 3.8) is 0 Å². The Morgan fingerprint density at radius 3 is 2.56 bits per heavy atom. The maximum absolute atomic E-state index is 4.60. The predicted molar refractivity (Wildman–Crippen MR) is 74.0 cm³/mol. The first-order valence-corrected chi connectivity index (χ1v) is 6.39. The molecular formula is C12H20N6. The number of anilines is 2. The second kappa shape index (κ2) is 5.20. The Hall–Kier alpha value is -1.85. The lowest BCUT2D eigenvalue weighted by molar-refractivity contribution is 0.776. The Kier molecular flexibility index (Phi) is 3.64. The third kappa shape index (κ3) is 2.10. The molecule has 6 nitrogen and oxygen atoms in total. The van der Waals surface area contributed by atoms with Gasteiger partial charge in [-0.25, -0.2) is 0 Å². The number of fused-ring (bicyclic) bond motifs is 1. The normalized spacial score (nSPS) is 10.9. The molecule has 2 aromatic heterocycles. The molecule has 0 amide bonds. The second-order valence-electron chi connectivity index (χ2n) is 4.08. The van der Waals surface area contributed by atoms with Crippen molar-refractivity contribution in [2.75, 3.05) is 29.9 Å². The fourth-order valence-electron chi connectivity index (χ4n) is 1.96. The van der Waals surface area contributed by atoms with E-state index in [0.717, 1.165) is 42.4 Å². The van der Waals surface area contributed by atoms with Crippen molar-refractivity contribution < 1.29 is 0 Å². The van der Waals surface area contributed by atoms with E-state index in [4.69, 9.17) is 0 Å². The zero-order chi connectivity index (χ0) is 13.1. The highest BCUT2D eigenvalue weighted by Gasteiger charge is 2.13. The fourth-order valence-corrected chi connectivity index (χ4v) is 1.96. The second-order valence-corrected chi connectivity index (χ2v) is 4.08. The molecule has 0 radical (unpaired) electrons. The monoisotopic (exact) mass is 248 g/mol. The summed E-state index contributed by atoms with van der Waals surface area (Å²) in [5.41, 5.74) is 0.864. The van der Waals surface area contributed by atoms with Crippen LogP contribution in [0.2, 0.25) is 0 Å². The summed E-state index contributed by atoms with van der Waals surface area (Å²) in [6.07, 6.45) is 1.80. The zero-order valence-corrected chi connectivity index (χ0v) is 11.4. The molecule has 2 rings (SSSR count). The first-order valence-electron chi connectivity index (χ1n) is 6.39. The molecule has 0 bridgehead atoms. The summed E-state index contributed by atoms with van der Waals surface area (Å²) in [4.78, 5) is 11.3. The summed E-state index contributed by atoms with van der Waals surface area (Å²) in [5.74, 6) is 1.62. The van der Waals surface area contributed by atoms with Gasteiger partial charge in [0.15, 0.2) is 5.65 Å². The molecule has 0 aliphatic heterocycles. The molecule has 0 saturated heterocycles. The van der Waals surface area contributed by atoms with Gasteiger partial charge >= 0.3 is 0 Å². The van der Waals surface area contributed by atoms with E-state index in [0.29, 0.717) is 0 Å². The van der Waals surface area contributed by atoms with Crippen LogP contribution in [-0.4, -0.2) is 39.4 Å². The van der Waals surface area contributed by atoms with E-state index in [-0.39, 0.29) is 0 Å². The van der Waals surface area contributed by atoms with Crippen LogP contribution in [0.25, 0.3) is 11.0 Å². The molecule has 0 aromatic carbocycles. The van der Waals surface area contributed by atoms with Crippen LogP contribution in [0.1, 0.15) is 20.8 Å². The van der Waals surface area contributed by atoms with Crippen molar-refractivity contribution in [2.24, 2.45) is 7.05 Å². The van der Waals surface area contributed by atoms with E-state index in [1.54, 1.807) is 10.9 Å². The largest absolute Gasteiger partial charge is 0.370 e. The lowest BCUT2D eigenvalue weighted by Gasteiger charge is -2.19. The minimum atomic E-state index is 0.757. The standard InChI is InChI=1S/C12H20N6/c1-5-13-10-9-8-14-17(4)11(9)16-12(15-10)18(6-2)7-3/h8H,5-7H2,1-4H3,(H,13,15,16). The van der Waals surface area contributed by atoms with Gasteiger partial charge in [0.2, 0.25) is 5.95 Å². The quantitative estimate of drug-likeness (QED) is 0.871. The molecular weight excluding hydrogens is 228 g/mol. The SMILES string of the molecule is CCNc1nc(N(CC)CC)nc2c1cnn2C. The van der Waals surface area contributed by atoms with E-state index in [1.807, 2.05) is 7.05 Å². The van der Waals surface area contributed by atoms with E-state index in [2.05, 4.69) is 46.1 Å². The number of nitrogens with one attached hydrogen (secondary N) is 1. The zero-order valence-electron chi connectivity index (χ0n) is 11.4. The van der Waals surface area contributed by atoms with Crippen molar-refractivity contribution in [2.45, 2.75) is 20.8 Å². The molecule has 2 heterocycles. The van der Waals surface area contributed by atoms with E-state index >= 15 is 0 Å². The van der Waals surface area contributed by atoms with Gasteiger partial charge in [-0.15, -0.1) is 0 Å². The van der Waals surface area contributed by atoms with Gasteiger partial charge in [-0.1, -0.05) is 0 Å². The van der Waals surface area contributed by atoms with Gasteiger partial charge in [0.05, 0.1) is 11.6 Å². The minimum Gasteiger partial charge on any atom is -0.370 e. The first-order chi connectivity index (χ1) is 8.71. The predicted octanol–water partition coefficient (Wildman–Crippen LogP) is 1.64. The molecule has 98 valence electrons. The maximum Gasteiger partial charge on any atom is 0.229 e. The third-order valence-electron chi connectivity index (χ3n) is 2.97. The average molecular weight is 248 g/mol. The molecule has 0 atom stereocenters. The van der Waals surface area contributed by atoms with Gasteiger partial charge in [0.1, 0.15) is 5.82 Å². The number of hydrogen-bond acceptors (Lipinski definition) is 5. The summed E-state index contributed by atoms with van der Waals surface area (Å²) in [7, 11) is 1.90. The van der Waals surface area contributed by atoms with Crippen LogP contribution in [-0.2, 0) is 7.05 Å². The van der Waals surface area contributed by atoms with Crippen LogP contribution < -0.4 is 10.2 Å². The number of aromatic nitrogens is 4. The molecule has 1 N–H and O–H groups in total. The minimum absolute atomic E-state index is 0.757. The highest BCUT2D eigenvalue weighted by Crippen LogP contribution is 2.22. The molecule has 6 heteroatoms. The van der Waals surface area contributed by atoms with Gasteiger partial charge in [-0.2, -0.15) is 15.1 Å². The van der Waals surface area contributed by atoms with Gasteiger partial charge in [0.25, 0.3) is 0 Å². The summed E-state index contributed by atoms with van der Waals surface area (Å²) < 4.78 is 1.78. The third-order valence-corrected chi connectivity index (χ3v) is 2.97. The van der Waals surface area contributed by atoms with Crippen LogP contribution in [0, 0.1) is 0 Å². The van der Waals surface area contributed by atoms with E-state index in [1.165, 1.54) is 0 Å². The smallest absolute Gasteiger partial charge is 0.229 e. The summed E-state index contributed by atoms with van der Waals surface area (Å²) in [5, 5.41) is 8.49. The van der Waals surface area contributed by atoms with E-state index in [9.17, 15) is 0 Å². The van der Waals surface area contributed by atoms with Crippen LogP contribution >= 0.6 is 0 Å². The van der Waals surface area contributed by atoms with Crippen LogP contribution in [0.4, 0.5) is 11.8 Å². The average Bonchev–Trinajstić information content (AvgIpc) is 2.74. The molecule has 2 aromatic rings. The molecule has 18 heavy (non-hydrogen) atoms. The molecule has 0 saturated carbocycles. The van der Waals surface area contributed by atoms with Crippen molar-refractivity contribution in [1.82, 2.24) is 19.7 Å². The summed E-state index contributed by atoms with van der Waals surface area (Å²) >= 11 is 0. The number of nitrogens with zero attached hydrogens (tertiary/aromatic N) is 5. The first kappa shape index (κ1) is 12.6. The van der Waals surface area contributed by atoms with Crippen molar-refractivity contribution in [3.8, 4) is 0 Å². The van der Waals surface area contributed by atoms with Gasteiger partial charge in [-0.05, 0) is 20.8 Å². The lowest BCUT2D eigenvalue weighted by Crippen LogP contribution is -2.24. The van der Waals surface area contributed by atoms with Crippen molar-refractivity contribution in [1.29, 1.82) is 0 Å². The Labute approximate surface area is 107 Å². The highest BCUT2D eigenvalue weighted by molar-refractivity contribution is 5.87.